The van der Waals surface area contributed by atoms with E-state index >= 15 is 0 Å². The molecule has 13 heteroatoms. The molecule has 1 fully saturated rings. The summed E-state index contributed by atoms with van der Waals surface area (Å²) in [6.45, 7) is 14.5. The fraction of sp³-hybridized carbons (Fsp3) is 0.700. The first kappa shape index (κ1) is 24.9. The van der Waals surface area contributed by atoms with Gasteiger partial charge in [-0.3, -0.25) is 24.5 Å². The van der Waals surface area contributed by atoms with E-state index in [0.717, 1.165) is 0 Å². The smallest absolute Gasteiger partial charge is 0.280 e. The minimum Gasteiger partial charge on any atom is -0.414 e. The molecule has 0 unspecified atom stereocenters. The number of anilines is 1. The Kier molecular flexibility index (Phi) is 6.98. The molecule has 12 nitrogen and oxygen atoms in total. The Balaban J connectivity index is 1.87. The second kappa shape index (κ2) is 9.25. The van der Waals surface area contributed by atoms with E-state index in [1.807, 2.05) is 0 Å². The lowest BCUT2D eigenvalue weighted by atomic mass is 10.1. The van der Waals surface area contributed by atoms with E-state index in [9.17, 15) is 9.59 Å². The number of azide groups is 1. The Morgan fingerprint density at radius 3 is 2.79 bits per heavy atom. The van der Waals surface area contributed by atoms with E-state index in [1.54, 1.807) is 18.4 Å². The molecule has 1 amide bonds. The van der Waals surface area contributed by atoms with E-state index in [2.05, 4.69) is 64.2 Å². The number of nitrogens with zero attached hydrogens (tertiary/aromatic N) is 6. The van der Waals surface area contributed by atoms with Crippen LogP contribution >= 0.6 is 0 Å². The highest BCUT2D eigenvalue weighted by atomic mass is 28.4. The summed E-state index contributed by atoms with van der Waals surface area (Å²) < 4.78 is 14.1. The van der Waals surface area contributed by atoms with E-state index in [1.165, 1.54) is 6.33 Å². The molecule has 0 aliphatic carbocycles. The number of imidazole rings is 1. The molecular formula is C20H32N8O4Si. The molecule has 3 heterocycles. The zero-order valence-corrected chi connectivity index (χ0v) is 21.1. The molecule has 2 aromatic heterocycles. The highest BCUT2D eigenvalue weighted by Crippen LogP contribution is 2.38. The molecule has 2 aromatic rings. The zero-order chi connectivity index (χ0) is 24.6. The Bertz CT molecular complexity index is 1130. The quantitative estimate of drug-likeness (QED) is 0.268. The average Bonchev–Trinajstić information content (AvgIpc) is 3.30. The van der Waals surface area contributed by atoms with Gasteiger partial charge < -0.3 is 9.16 Å². The van der Waals surface area contributed by atoms with Gasteiger partial charge in [-0.2, -0.15) is 4.98 Å². The molecule has 0 radical (unpaired) electrons. The van der Waals surface area contributed by atoms with Crippen LogP contribution in [0.2, 0.25) is 18.1 Å². The Morgan fingerprint density at radius 2 is 2.18 bits per heavy atom. The molecule has 0 saturated carbocycles. The highest BCUT2D eigenvalue weighted by Gasteiger charge is 2.41. The first-order valence-electron chi connectivity index (χ1n) is 11.0. The van der Waals surface area contributed by atoms with Gasteiger partial charge in [-0.25, -0.2) is 4.98 Å². The van der Waals surface area contributed by atoms with E-state index in [4.69, 9.17) is 14.7 Å². The van der Waals surface area contributed by atoms with Crippen LogP contribution < -0.4 is 10.9 Å². The van der Waals surface area contributed by atoms with Crippen molar-refractivity contribution < 1.29 is 14.0 Å². The predicted molar refractivity (Wildman–Crippen MR) is 126 cm³/mol. The number of carbonyl (C=O) groups excluding carboxylic acids is 1. The number of nitrogens with one attached hydrogen (secondary N) is 2. The van der Waals surface area contributed by atoms with Crippen molar-refractivity contribution in [2.24, 2.45) is 11.0 Å². The second-order valence-corrected chi connectivity index (χ2v) is 14.9. The van der Waals surface area contributed by atoms with Gasteiger partial charge in [-0.15, -0.1) is 0 Å². The highest BCUT2D eigenvalue weighted by molar-refractivity contribution is 6.74. The zero-order valence-electron chi connectivity index (χ0n) is 20.1. The molecule has 1 aliphatic heterocycles. The maximum atomic E-state index is 12.5. The van der Waals surface area contributed by atoms with Crippen LogP contribution in [0.1, 0.15) is 47.3 Å². The van der Waals surface area contributed by atoms with Crippen molar-refractivity contribution >= 4 is 31.3 Å². The Labute approximate surface area is 192 Å². The number of ether oxygens (including phenoxy) is 1. The van der Waals surface area contributed by atoms with Crippen LogP contribution in [0.5, 0.6) is 0 Å². The topological polar surface area (TPSA) is 160 Å². The third kappa shape index (κ3) is 5.27. The van der Waals surface area contributed by atoms with Gasteiger partial charge in [0.2, 0.25) is 11.9 Å². The number of rotatable bonds is 7. The van der Waals surface area contributed by atoms with Crippen LogP contribution in [0.3, 0.4) is 0 Å². The maximum Gasteiger partial charge on any atom is 0.280 e. The first-order valence-corrected chi connectivity index (χ1v) is 13.9. The third-order valence-electron chi connectivity index (χ3n) is 6.33. The molecule has 0 bridgehead atoms. The van der Waals surface area contributed by atoms with Gasteiger partial charge in [-0.05, 0) is 23.7 Å². The molecule has 0 spiro atoms. The summed E-state index contributed by atoms with van der Waals surface area (Å²) in [5.41, 5.74) is 8.97. The lowest BCUT2D eigenvalue weighted by Crippen LogP contribution is -2.43. The van der Waals surface area contributed by atoms with Crippen molar-refractivity contribution in [3.05, 3.63) is 27.1 Å². The maximum absolute atomic E-state index is 12.5. The van der Waals surface area contributed by atoms with Gasteiger partial charge in [0.25, 0.3) is 5.56 Å². The van der Waals surface area contributed by atoms with Gasteiger partial charge in [-0.1, -0.05) is 39.7 Å². The Hall–Kier alpha value is -2.73. The van der Waals surface area contributed by atoms with E-state index in [0.29, 0.717) is 13.0 Å². The number of hydrogen-bond acceptors (Lipinski definition) is 7. The first-order chi connectivity index (χ1) is 15.3. The van der Waals surface area contributed by atoms with Crippen molar-refractivity contribution in [2.75, 3.05) is 11.9 Å². The van der Waals surface area contributed by atoms with Gasteiger partial charge in [0, 0.05) is 17.3 Å². The minimum absolute atomic E-state index is 0.0291. The normalized spacial score (nSPS) is 21.4. The second-order valence-electron chi connectivity index (χ2n) is 10.1. The number of aromatic amines is 1. The summed E-state index contributed by atoms with van der Waals surface area (Å²) in [7, 11) is -2.03. The SMILES string of the molecule is CC(C)C(=O)Nc1nc2c(ncn2[C@@H]2C[C@@H](N=[N+]=[N-])[C@H](CO[Si](C)(C)C(C)(C)C)O2)c(=O)[nH]1. The summed E-state index contributed by atoms with van der Waals surface area (Å²) in [4.78, 5) is 38.6. The number of aromatic nitrogens is 4. The van der Waals surface area contributed by atoms with Crippen LogP contribution in [0.4, 0.5) is 5.95 Å². The van der Waals surface area contributed by atoms with Crippen molar-refractivity contribution in [3.8, 4) is 0 Å². The van der Waals surface area contributed by atoms with Gasteiger partial charge in [0.1, 0.15) is 6.23 Å². The van der Waals surface area contributed by atoms with Gasteiger partial charge in [0.05, 0.1) is 25.1 Å². The number of fused-ring (bicyclic) bond motifs is 1. The number of H-pyrrole nitrogens is 1. The minimum atomic E-state index is -2.03. The molecule has 0 aromatic carbocycles. The number of hydrogen-bond donors (Lipinski definition) is 2. The molecule has 1 saturated heterocycles. The summed E-state index contributed by atoms with van der Waals surface area (Å²) in [6, 6.07) is -0.440. The average molecular weight is 477 g/mol. The molecule has 3 atom stereocenters. The van der Waals surface area contributed by atoms with Crippen molar-refractivity contribution in [2.45, 2.75) is 77.5 Å². The summed E-state index contributed by atoms with van der Waals surface area (Å²) >= 11 is 0. The molecule has 3 rings (SSSR count). The van der Waals surface area contributed by atoms with Crippen molar-refractivity contribution in [1.29, 1.82) is 0 Å². The van der Waals surface area contributed by atoms with Crippen LogP contribution in [0, 0.1) is 5.92 Å². The monoisotopic (exact) mass is 476 g/mol. The molecule has 180 valence electrons. The molecule has 33 heavy (non-hydrogen) atoms. The summed E-state index contributed by atoms with van der Waals surface area (Å²) in [6.07, 6.45) is 0.847. The van der Waals surface area contributed by atoms with Gasteiger partial charge >= 0.3 is 0 Å². The third-order valence-corrected chi connectivity index (χ3v) is 10.8. The van der Waals surface area contributed by atoms with Crippen LogP contribution in [-0.4, -0.2) is 52.5 Å². The van der Waals surface area contributed by atoms with E-state index < -0.39 is 32.3 Å². The standard InChI is InChI=1S/C20H32N8O4Si/c1-11(2)17(29)24-19-23-16-15(18(30)25-19)22-10-28(16)14-8-12(26-27-21)13(32-14)9-31-33(6,7)20(3,4)5/h10-14H,8-9H2,1-7H3,(H2,23,24,25,29,30)/t12-,13+,14+/m1/s1. The lowest BCUT2D eigenvalue weighted by Gasteiger charge is -2.37. The lowest BCUT2D eigenvalue weighted by molar-refractivity contribution is -0.118. The predicted octanol–water partition coefficient (Wildman–Crippen LogP) is 3.70. The number of amides is 1. The molecular weight excluding hydrogens is 444 g/mol. The van der Waals surface area contributed by atoms with Crippen LogP contribution in [0.25, 0.3) is 21.6 Å². The fourth-order valence-electron chi connectivity index (χ4n) is 3.19. The van der Waals surface area contributed by atoms with Crippen molar-refractivity contribution in [3.63, 3.8) is 0 Å². The van der Waals surface area contributed by atoms with Crippen molar-refractivity contribution in [1.82, 2.24) is 19.5 Å². The van der Waals surface area contributed by atoms with E-state index in [-0.39, 0.29) is 34.0 Å². The Morgan fingerprint density at radius 1 is 1.48 bits per heavy atom. The van der Waals surface area contributed by atoms with Crippen LogP contribution in [0.15, 0.2) is 16.2 Å². The molecule has 1 aliphatic rings. The fourth-order valence-corrected chi connectivity index (χ4v) is 4.20. The summed E-state index contributed by atoms with van der Waals surface area (Å²) in [5.74, 6) is -0.511. The largest absolute Gasteiger partial charge is 0.414 e. The molecule has 2 N–H and O–H groups in total. The summed E-state index contributed by atoms with van der Waals surface area (Å²) in [5, 5.41) is 6.54. The van der Waals surface area contributed by atoms with Crippen LogP contribution in [-0.2, 0) is 14.0 Å². The number of carbonyl (C=O) groups is 1. The van der Waals surface area contributed by atoms with Gasteiger partial charge in [0.15, 0.2) is 19.5 Å².